The summed E-state index contributed by atoms with van der Waals surface area (Å²) in [5.41, 5.74) is 1.48. The molecular formula is C19H26O5. The number of aryl methyl sites for hydroxylation is 1. The first-order chi connectivity index (χ1) is 11.5. The molecule has 0 unspecified atom stereocenters. The smallest absolute Gasteiger partial charge is 0.313 e. The zero-order valence-corrected chi connectivity index (χ0v) is 14.7. The molecule has 0 spiro atoms. The molecule has 0 bridgehead atoms. The molecule has 5 heteroatoms. The van der Waals surface area contributed by atoms with E-state index in [1.54, 1.807) is 13.8 Å². The minimum atomic E-state index is -0.853. The fourth-order valence-electron chi connectivity index (χ4n) is 4.61. The summed E-state index contributed by atoms with van der Waals surface area (Å²) < 4.78 is 16.4. The van der Waals surface area contributed by atoms with Gasteiger partial charge in [0.15, 0.2) is 0 Å². The van der Waals surface area contributed by atoms with Crippen molar-refractivity contribution in [1.29, 1.82) is 0 Å². The van der Waals surface area contributed by atoms with Crippen molar-refractivity contribution in [1.82, 2.24) is 0 Å². The molecule has 2 aliphatic rings. The lowest BCUT2D eigenvalue weighted by molar-refractivity contribution is -0.169. The number of carbonyl (C=O) groups is 2. The van der Waals surface area contributed by atoms with E-state index in [4.69, 9.17) is 13.9 Å². The largest absolute Gasteiger partial charge is 0.469 e. The Morgan fingerprint density at radius 1 is 1.29 bits per heavy atom. The molecule has 0 radical (unpaired) electrons. The molecule has 132 valence electrons. The van der Waals surface area contributed by atoms with Gasteiger partial charge in [-0.15, -0.1) is 0 Å². The summed E-state index contributed by atoms with van der Waals surface area (Å²) >= 11 is 0. The van der Waals surface area contributed by atoms with Crippen molar-refractivity contribution >= 4 is 11.9 Å². The molecule has 0 fully saturated rings. The Kier molecular flexibility index (Phi) is 4.70. The lowest BCUT2D eigenvalue weighted by Crippen LogP contribution is -2.50. The number of hydrogen-bond donors (Lipinski definition) is 0. The molecule has 0 aromatic carbocycles. The maximum Gasteiger partial charge on any atom is 0.313 e. The van der Waals surface area contributed by atoms with E-state index < -0.39 is 5.41 Å². The molecule has 5 nitrogen and oxygen atoms in total. The zero-order valence-electron chi connectivity index (χ0n) is 14.7. The highest BCUT2D eigenvalue weighted by Gasteiger charge is 2.57. The lowest BCUT2D eigenvalue weighted by atomic mass is 9.55. The van der Waals surface area contributed by atoms with Gasteiger partial charge in [-0.25, -0.2) is 0 Å². The van der Waals surface area contributed by atoms with Crippen LogP contribution < -0.4 is 0 Å². The van der Waals surface area contributed by atoms with Crippen LogP contribution in [0.5, 0.6) is 0 Å². The van der Waals surface area contributed by atoms with Gasteiger partial charge in [-0.05, 0) is 44.6 Å². The van der Waals surface area contributed by atoms with Crippen molar-refractivity contribution in [3.8, 4) is 0 Å². The van der Waals surface area contributed by atoms with Crippen molar-refractivity contribution < 1.29 is 23.5 Å². The number of carbonyl (C=O) groups excluding carboxylic acids is 2. The van der Waals surface area contributed by atoms with Crippen LogP contribution in [0, 0.1) is 11.3 Å². The van der Waals surface area contributed by atoms with Crippen molar-refractivity contribution in [2.24, 2.45) is 11.3 Å². The van der Waals surface area contributed by atoms with Gasteiger partial charge >= 0.3 is 11.9 Å². The molecule has 24 heavy (non-hydrogen) atoms. The van der Waals surface area contributed by atoms with Crippen molar-refractivity contribution in [2.45, 2.75) is 58.8 Å². The highest BCUT2D eigenvalue weighted by molar-refractivity contribution is 5.85. The second-order valence-corrected chi connectivity index (χ2v) is 6.89. The van der Waals surface area contributed by atoms with Crippen LogP contribution in [0.15, 0.2) is 10.7 Å². The highest BCUT2D eigenvalue weighted by Crippen LogP contribution is 2.57. The third-order valence-corrected chi connectivity index (χ3v) is 5.67. The first-order valence-corrected chi connectivity index (χ1v) is 8.96. The highest BCUT2D eigenvalue weighted by atomic mass is 16.5. The van der Waals surface area contributed by atoms with E-state index in [-0.39, 0.29) is 30.2 Å². The van der Waals surface area contributed by atoms with E-state index in [0.717, 1.165) is 30.6 Å². The van der Waals surface area contributed by atoms with Gasteiger partial charge in [-0.3, -0.25) is 9.59 Å². The van der Waals surface area contributed by atoms with Crippen molar-refractivity contribution in [3.63, 3.8) is 0 Å². The van der Waals surface area contributed by atoms with Crippen LogP contribution in [-0.2, 0) is 31.9 Å². The average molecular weight is 334 g/mol. The van der Waals surface area contributed by atoms with Gasteiger partial charge in [0.2, 0.25) is 0 Å². The molecule has 0 saturated carbocycles. The molecule has 0 saturated heterocycles. The molecular weight excluding hydrogens is 308 g/mol. The molecule has 1 aromatic heterocycles. The monoisotopic (exact) mass is 334 g/mol. The van der Waals surface area contributed by atoms with Crippen LogP contribution in [-0.4, -0.2) is 25.2 Å². The van der Waals surface area contributed by atoms with Gasteiger partial charge < -0.3 is 13.9 Å². The molecule has 1 heterocycles. The number of esters is 2. The SMILES string of the molecule is CCOC(=O)C[C@@]1(C(=O)OCC)[C@H](C)Cc2occ3c2[C@@H]1CCC3. The standard InChI is InChI=1S/C19H26O5/c1-4-22-16(20)10-19(18(21)23-5-2)12(3)9-15-17-13(11-24-15)7-6-8-14(17)19/h11-12,14H,4-10H2,1-3H3/t12-,14+,19-/m1/s1. The van der Waals surface area contributed by atoms with Crippen LogP contribution in [0.1, 0.15) is 62.8 Å². The average Bonchev–Trinajstić information content (AvgIpc) is 2.96. The fraction of sp³-hybridized carbons (Fsp3) is 0.684. The van der Waals surface area contributed by atoms with Gasteiger partial charge in [-0.1, -0.05) is 6.92 Å². The number of rotatable bonds is 5. The summed E-state index contributed by atoms with van der Waals surface area (Å²) in [4.78, 5) is 25.4. The van der Waals surface area contributed by atoms with Crippen molar-refractivity contribution in [3.05, 3.63) is 23.2 Å². The van der Waals surface area contributed by atoms with Crippen LogP contribution in [0.4, 0.5) is 0 Å². The quantitative estimate of drug-likeness (QED) is 0.772. The topological polar surface area (TPSA) is 65.7 Å². The van der Waals surface area contributed by atoms with E-state index in [9.17, 15) is 9.59 Å². The van der Waals surface area contributed by atoms with Crippen LogP contribution in [0.2, 0.25) is 0 Å². The maximum absolute atomic E-state index is 13.0. The van der Waals surface area contributed by atoms with Gasteiger partial charge in [0.1, 0.15) is 5.76 Å². The second-order valence-electron chi connectivity index (χ2n) is 6.89. The van der Waals surface area contributed by atoms with E-state index >= 15 is 0 Å². The Balaban J connectivity index is 2.07. The predicted octanol–water partition coefficient (Wildman–Crippen LogP) is 3.39. The summed E-state index contributed by atoms with van der Waals surface area (Å²) in [6.07, 6.45) is 5.41. The van der Waals surface area contributed by atoms with Crippen LogP contribution in [0.3, 0.4) is 0 Å². The molecule has 1 aromatic rings. The Morgan fingerprint density at radius 2 is 2.04 bits per heavy atom. The van der Waals surface area contributed by atoms with E-state index in [2.05, 4.69) is 0 Å². The maximum atomic E-state index is 13.0. The first-order valence-electron chi connectivity index (χ1n) is 8.96. The molecule has 0 aliphatic heterocycles. The van der Waals surface area contributed by atoms with Gasteiger partial charge in [0.25, 0.3) is 0 Å². The predicted molar refractivity (Wildman–Crippen MR) is 87.6 cm³/mol. The third-order valence-electron chi connectivity index (χ3n) is 5.67. The van der Waals surface area contributed by atoms with Gasteiger partial charge in [0.05, 0.1) is 31.3 Å². The summed E-state index contributed by atoms with van der Waals surface area (Å²) in [7, 11) is 0. The summed E-state index contributed by atoms with van der Waals surface area (Å²) in [6, 6.07) is 0. The lowest BCUT2D eigenvalue weighted by Gasteiger charge is -2.47. The summed E-state index contributed by atoms with van der Waals surface area (Å²) in [5, 5.41) is 0. The van der Waals surface area contributed by atoms with Crippen LogP contribution in [0.25, 0.3) is 0 Å². The van der Waals surface area contributed by atoms with E-state index in [1.807, 2.05) is 13.2 Å². The minimum absolute atomic E-state index is 0.0257. The second kappa shape index (κ2) is 6.61. The number of furan rings is 1. The number of hydrogen-bond acceptors (Lipinski definition) is 5. The summed E-state index contributed by atoms with van der Waals surface area (Å²) in [5.74, 6) is 0.329. The minimum Gasteiger partial charge on any atom is -0.469 e. The Bertz CT molecular complexity index is 632. The van der Waals surface area contributed by atoms with E-state index in [1.165, 1.54) is 5.56 Å². The molecule has 3 atom stereocenters. The summed E-state index contributed by atoms with van der Waals surface area (Å²) in [6.45, 7) is 6.24. The molecule has 2 aliphatic carbocycles. The van der Waals surface area contributed by atoms with Crippen LogP contribution >= 0.6 is 0 Å². The fourth-order valence-corrected chi connectivity index (χ4v) is 4.61. The third kappa shape index (κ3) is 2.54. The Labute approximate surface area is 142 Å². The molecule has 3 rings (SSSR count). The van der Waals surface area contributed by atoms with Gasteiger partial charge in [-0.2, -0.15) is 0 Å². The Hall–Kier alpha value is -1.78. The van der Waals surface area contributed by atoms with Crippen molar-refractivity contribution in [2.75, 3.05) is 13.2 Å². The first kappa shape index (κ1) is 17.1. The number of ether oxygens (including phenoxy) is 2. The van der Waals surface area contributed by atoms with E-state index in [0.29, 0.717) is 19.6 Å². The van der Waals surface area contributed by atoms with Gasteiger partial charge in [0, 0.05) is 17.9 Å². The normalized spacial score (nSPS) is 28.1. The zero-order chi connectivity index (χ0) is 17.3. The molecule has 0 amide bonds. The molecule has 0 N–H and O–H groups in total. The Morgan fingerprint density at radius 3 is 2.75 bits per heavy atom.